The molecule has 3 atom stereocenters. The second-order valence-electron chi connectivity index (χ2n) is 8.84. The number of fused-ring (bicyclic) bond motifs is 1. The van der Waals surface area contributed by atoms with E-state index in [-0.39, 0.29) is 11.4 Å². The topological polar surface area (TPSA) is 29.5 Å². The Labute approximate surface area is 170 Å². The van der Waals surface area contributed by atoms with E-state index in [1.807, 2.05) is 25.1 Å². The molecule has 1 fully saturated rings. The van der Waals surface area contributed by atoms with Gasteiger partial charge in [0.2, 0.25) is 0 Å². The molecule has 2 aliphatic carbocycles. The number of carbonyl (C=O) groups excluding carboxylic acids is 1. The van der Waals surface area contributed by atoms with Crippen LogP contribution in [-0.2, 0) is 16.6 Å². The SMILES string of the molecule is C/C=C/C=C/C(=O)Oc1ccc2c(c1)C(C)(CC)C(C)C(N(C)CC1CC1)C2. The lowest BCUT2D eigenvalue weighted by Crippen LogP contribution is -2.51. The first-order valence-corrected chi connectivity index (χ1v) is 10.7. The molecule has 0 saturated heterocycles. The van der Waals surface area contributed by atoms with Crippen molar-refractivity contribution in [3.05, 3.63) is 53.6 Å². The summed E-state index contributed by atoms with van der Waals surface area (Å²) in [6, 6.07) is 6.79. The highest BCUT2D eigenvalue weighted by atomic mass is 16.5. The third-order valence-corrected chi connectivity index (χ3v) is 7.01. The molecule has 3 heteroatoms. The van der Waals surface area contributed by atoms with Crippen LogP contribution in [0.1, 0.15) is 58.1 Å². The van der Waals surface area contributed by atoms with Crippen LogP contribution in [0.15, 0.2) is 42.5 Å². The van der Waals surface area contributed by atoms with Crippen LogP contribution in [0.25, 0.3) is 0 Å². The van der Waals surface area contributed by atoms with Gasteiger partial charge in [-0.1, -0.05) is 45.1 Å². The van der Waals surface area contributed by atoms with Crippen molar-refractivity contribution >= 4 is 5.97 Å². The van der Waals surface area contributed by atoms with E-state index in [0.717, 1.165) is 18.8 Å². The molecule has 2 aliphatic rings. The molecule has 3 nitrogen and oxygen atoms in total. The number of esters is 1. The fraction of sp³-hybridized carbons (Fsp3) is 0.560. The molecule has 0 aliphatic heterocycles. The van der Waals surface area contributed by atoms with Crippen molar-refractivity contribution in [2.75, 3.05) is 13.6 Å². The van der Waals surface area contributed by atoms with Gasteiger partial charge in [0.25, 0.3) is 0 Å². The Kier molecular flexibility index (Phi) is 6.44. The van der Waals surface area contributed by atoms with Crippen LogP contribution in [-0.4, -0.2) is 30.5 Å². The molecule has 28 heavy (non-hydrogen) atoms. The first-order chi connectivity index (χ1) is 13.4. The van der Waals surface area contributed by atoms with Gasteiger partial charge in [0.05, 0.1) is 0 Å². The zero-order chi connectivity index (χ0) is 20.3. The number of benzene rings is 1. The van der Waals surface area contributed by atoms with Crippen LogP contribution in [0.3, 0.4) is 0 Å². The summed E-state index contributed by atoms with van der Waals surface area (Å²) < 4.78 is 5.57. The Morgan fingerprint density at radius 3 is 2.71 bits per heavy atom. The molecule has 1 aromatic rings. The number of nitrogens with zero attached hydrogens (tertiary/aromatic N) is 1. The fourth-order valence-corrected chi connectivity index (χ4v) is 4.69. The summed E-state index contributed by atoms with van der Waals surface area (Å²) in [6.07, 6.45) is 11.8. The number of carbonyl (C=O) groups is 1. The maximum absolute atomic E-state index is 12.1. The number of likely N-dealkylation sites (N-methyl/N-ethyl adjacent to an activating group) is 1. The van der Waals surface area contributed by atoms with Gasteiger partial charge in [-0.05, 0) is 80.2 Å². The van der Waals surface area contributed by atoms with Crippen molar-refractivity contribution in [1.82, 2.24) is 4.90 Å². The summed E-state index contributed by atoms with van der Waals surface area (Å²) in [7, 11) is 2.30. The van der Waals surface area contributed by atoms with Gasteiger partial charge in [-0.3, -0.25) is 0 Å². The molecule has 0 heterocycles. The van der Waals surface area contributed by atoms with Crippen LogP contribution in [0.5, 0.6) is 5.75 Å². The highest BCUT2D eigenvalue weighted by Crippen LogP contribution is 2.46. The van der Waals surface area contributed by atoms with Gasteiger partial charge >= 0.3 is 5.97 Å². The van der Waals surface area contributed by atoms with E-state index in [4.69, 9.17) is 4.74 Å². The molecule has 0 bridgehead atoms. The summed E-state index contributed by atoms with van der Waals surface area (Å²) in [5.41, 5.74) is 2.83. The highest BCUT2D eigenvalue weighted by molar-refractivity contribution is 5.84. The molecule has 1 saturated carbocycles. The van der Waals surface area contributed by atoms with Gasteiger partial charge in [-0.2, -0.15) is 0 Å². The Morgan fingerprint density at radius 2 is 2.07 bits per heavy atom. The van der Waals surface area contributed by atoms with Gasteiger partial charge < -0.3 is 9.64 Å². The summed E-state index contributed by atoms with van der Waals surface area (Å²) in [4.78, 5) is 14.6. The predicted molar refractivity (Wildman–Crippen MR) is 116 cm³/mol. The lowest BCUT2D eigenvalue weighted by molar-refractivity contribution is -0.129. The van der Waals surface area contributed by atoms with Crippen molar-refractivity contribution in [2.24, 2.45) is 11.8 Å². The standard InChI is InChI=1S/C25H35NO2/c1-6-8-9-10-24(27)28-21-14-13-20-15-23(26(5)17-19-11-12-19)18(3)25(4,7-2)22(20)16-21/h6,8-10,13-14,16,18-19,23H,7,11-12,15,17H2,1-5H3/b8-6+,10-9+. The van der Waals surface area contributed by atoms with E-state index in [9.17, 15) is 4.79 Å². The molecular formula is C25H35NO2. The molecule has 0 amide bonds. The van der Waals surface area contributed by atoms with E-state index in [2.05, 4.69) is 44.9 Å². The second-order valence-corrected chi connectivity index (χ2v) is 8.84. The minimum absolute atomic E-state index is 0.0826. The van der Waals surface area contributed by atoms with Gasteiger partial charge in [-0.15, -0.1) is 0 Å². The third kappa shape index (κ3) is 4.41. The fourth-order valence-electron chi connectivity index (χ4n) is 4.69. The first kappa shape index (κ1) is 20.9. The van der Waals surface area contributed by atoms with E-state index >= 15 is 0 Å². The maximum Gasteiger partial charge on any atom is 0.336 e. The van der Waals surface area contributed by atoms with Crippen molar-refractivity contribution in [1.29, 1.82) is 0 Å². The first-order valence-electron chi connectivity index (χ1n) is 10.7. The molecule has 3 rings (SSSR count). The van der Waals surface area contributed by atoms with E-state index in [1.165, 1.54) is 36.6 Å². The second kappa shape index (κ2) is 8.65. The van der Waals surface area contributed by atoms with Crippen molar-refractivity contribution in [2.45, 2.75) is 64.8 Å². The van der Waals surface area contributed by atoms with Crippen molar-refractivity contribution in [3.8, 4) is 5.75 Å². The van der Waals surface area contributed by atoms with E-state index in [0.29, 0.717) is 17.7 Å². The third-order valence-electron chi connectivity index (χ3n) is 7.01. The number of rotatable bonds is 7. The normalized spacial score (nSPS) is 27.5. The quantitative estimate of drug-likeness (QED) is 0.278. The van der Waals surface area contributed by atoms with Gasteiger partial charge in [0, 0.05) is 18.7 Å². The van der Waals surface area contributed by atoms with Crippen molar-refractivity contribution < 1.29 is 9.53 Å². The number of ether oxygens (including phenoxy) is 1. The van der Waals surface area contributed by atoms with E-state index < -0.39 is 0 Å². The number of hydrogen-bond acceptors (Lipinski definition) is 3. The average Bonchev–Trinajstić information content (AvgIpc) is 3.49. The molecule has 0 radical (unpaired) electrons. The minimum Gasteiger partial charge on any atom is -0.423 e. The Hall–Kier alpha value is -1.87. The molecule has 0 spiro atoms. The molecule has 1 aromatic carbocycles. The van der Waals surface area contributed by atoms with Gasteiger partial charge in [0.15, 0.2) is 0 Å². The van der Waals surface area contributed by atoms with E-state index in [1.54, 1.807) is 6.08 Å². The summed E-state index contributed by atoms with van der Waals surface area (Å²) in [6.45, 7) is 10.2. The Bertz CT molecular complexity index is 762. The maximum atomic E-state index is 12.1. The summed E-state index contributed by atoms with van der Waals surface area (Å²) in [5.74, 6) is 1.77. The highest BCUT2D eigenvalue weighted by Gasteiger charge is 2.44. The van der Waals surface area contributed by atoms with Crippen LogP contribution < -0.4 is 4.74 Å². The zero-order valence-corrected chi connectivity index (χ0v) is 18.1. The molecular weight excluding hydrogens is 346 g/mol. The summed E-state index contributed by atoms with van der Waals surface area (Å²) in [5, 5.41) is 0. The molecule has 0 aromatic heterocycles. The molecule has 3 unspecified atom stereocenters. The van der Waals surface area contributed by atoms with Crippen LogP contribution >= 0.6 is 0 Å². The smallest absolute Gasteiger partial charge is 0.336 e. The predicted octanol–water partition coefficient (Wildman–Crippen LogP) is 5.29. The zero-order valence-electron chi connectivity index (χ0n) is 18.1. The Balaban J connectivity index is 1.83. The van der Waals surface area contributed by atoms with Crippen LogP contribution in [0, 0.1) is 11.8 Å². The van der Waals surface area contributed by atoms with Crippen molar-refractivity contribution in [3.63, 3.8) is 0 Å². The molecule has 152 valence electrons. The monoisotopic (exact) mass is 381 g/mol. The lowest BCUT2D eigenvalue weighted by atomic mass is 9.61. The number of allylic oxidation sites excluding steroid dienone is 3. The van der Waals surface area contributed by atoms with Crippen LogP contribution in [0.2, 0.25) is 0 Å². The van der Waals surface area contributed by atoms with Gasteiger partial charge in [0.1, 0.15) is 5.75 Å². The summed E-state index contributed by atoms with van der Waals surface area (Å²) >= 11 is 0. The average molecular weight is 382 g/mol. The van der Waals surface area contributed by atoms with Crippen LogP contribution in [0.4, 0.5) is 0 Å². The molecule has 0 N–H and O–H groups in total. The minimum atomic E-state index is -0.331. The van der Waals surface area contributed by atoms with Gasteiger partial charge in [-0.25, -0.2) is 4.79 Å². The number of hydrogen-bond donors (Lipinski definition) is 0. The lowest BCUT2D eigenvalue weighted by Gasteiger charge is -2.48. The largest absolute Gasteiger partial charge is 0.423 e. The Morgan fingerprint density at radius 1 is 1.32 bits per heavy atom.